The highest BCUT2D eigenvalue weighted by Gasteiger charge is 2.41. The van der Waals surface area contributed by atoms with Crippen LogP contribution in [0.25, 0.3) is 20.8 Å². The average Bonchev–Trinajstić information content (AvgIpc) is 3.45. The van der Waals surface area contributed by atoms with Gasteiger partial charge in [0.1, 0.15) is 22.4 Å². The Morgan fingerprint density at radius 2 is 1.91 bits per heavy atom. The second-order valence-electron chi connectivity index (χ2n) is 8.90. The molecule has 0 aliphatic heterocycles. The Morgan fingerprint density at radius 1 is 1.12 bits per heavy atom. The van der Waals surface area contributed by atoms with Gasteiger partial charge in [0.25, 0.3) is 0 Å². The fourth-order valence-corrected chi connectivity index (χ4v) is 5.36. The van der Waals surface area contributed by atoms with E-state index in [9.17, 15) is 15.3 Å². The van der Waals surface area contributed by atoms with Crippen LogP contribution in [0.4, 0.5) is 11.8 Å². The lowest BCUT2D eigenvalue weighted by molar-refractivity contribution is 0.00446. The van der Waals surface area contributed by atoms with Gasteiger partial charge in [-0.25, -0.2) is 9.97 Å². The molecule has 0 aromatic carbocycles. The summed E-state index contributed by atoms with van der Waals surface area (Å²) < 4.78 is 1.03. The van der Waals surface area contributed by atoms with Crippen molar-refractivity contribution >= 4 is 45.7 Å². The van der Waals surface area contributed by atoms with Crippen LogP contribution >= 0.6 is 23.7 Å². The van der Waals surface area contributed by atoms with Crippen LogP contribution in [-0.2, 0) is 0 Å². The molecule has 2 aliphatic rings. The van der Waals surface area contributed by atoms with E-state index in [1.54, 1.807) is 17.5 Å². The van der Waals surface area contributed by atoms with Crippen molar-refractivity contribution in [1.82, 2.24) is 19.9 Å². The molecule has 33 heavy (non-hydrogen) atoms. The van der Waals surface area contributed by atoms with Gasteiger partial charge in [-0.15, -0.1) is 23.7 Å². The number of thiazole rings is 1. The Hall–Kier alpha value is -2.11. The van der Waals surface area contributed by atoms with E-state index in [-0.39, 0.29) is 24.9 Å². The van der Waals surface area contributed by atoms with Crippen LogP contribution in [0.2, 0.25) is 0 Å². The van der Waals surface area contributed by atoms with Crippen LogP contribution in [0.15, 0.2) is 12.3 Å². The number of aryl methyl sites for hydroxylation is 2. The van der Waals surface area contributed by atoms with Gasteiger partial charge in [-0.3, -0.25) is 4.98 Å². The van der Waals surface area contributed by atoms with E-state index >= 15 is 0 Å². The quantitative estimate of drug-likeness (QED) is 0.337. The number of anilines is 2. The minimum atomic E-state index is -1.000. The standard InChI is InChI=1S/C22H28N6O3S.ClH/c1-10-5-16-15(8-23-10)27-21(32-16)17-11(2)25-22(24-7-12-3-4-12)28-20(17)26-14-6-13(9-29)18(30)19(14)31;/h5,8,12-14,18-19,29-31H,3-4,6-7,9H2,1-2H3,(H2,24,25,26,28);1H/t13-,14-,18-,19+;/m1./s1. The summed E-state index contributed by atoms with van der Waals surface area (Å²) in [6, 6.07) is 1.57. The molecule has 3 aromatic rings. The van der Waals surface area contributed by atoms with Gasteiger partial charge in [-0.1, -0.05) is 0 Å². The topological polar surface area (TPSA) is 136 Å². The summed E-state index contributed by atoms with van der Waals surface area (Å²) in [6.07, 6.45) is 2.68. The SMILES string of the molecule is Cc1cc2sc(-c3c(C)nc(NCC4CC4)nc3N[C@@H]3C[C@H](CO)[C@@H](O)[C@H]3O)nc2cn1.Cl. The van der Waals surface area contributed by atoms with Crippen molar-refractivity contribution in [2.75, 3.05) is 23.8 Å². The van der Waals surface area contributed by atoms with Gasteiger partial charge in [0, 0.05) is 24.8 Å². The summed E-state index contributed by atoms with van der Waals surface area (Å²) in [5.74, 6) is 1.39. The van der Waals surface area contributed by atoms with E-state index in [0.717, 1.165) is 38.7 Å². The third-order valence-electron chi connectivity index (χ3n) is 6.32. The lowest BCUT2D eigenvalue weighted by atomic mass is 10.1. The third-order valence-corrected chi connectivity index (χ3v) is 7.36. The fraction of sp³-hybridized carbons (Fsp3) is 0.545. The molecule has 3 heterocycles. The summed E-state index contributed by atoms with van der Waals surface area (Å²) in [4.78, 5) is 18.5. The van der Waals surface area contributed by atoms with Crippen molar-refractivity contribution in [2.24, 2.45) is 11.8 Å². The molecule has 3 aromatic heterocycles. The van der Waals surface area contributed by atoms with Crippen molar-refractivity contribution in [3.05, 3.63) is 23.7 Å². The molecule has 0 amide bonds. The second-order valence-corrected chi connectivity index (χ2v) is 9.93. The van der Waals surface area contributed by atoms with Crippen LogP contribution < -0.4 is 10.6 Å². The predicted molar refractivity (Wildman–Crippen MR) is 131 cm³/mol. The largest absolute Gasteiger partial charge is 0.396 e. The molecule has 0 saturated heterocycles. The summed E-state index contributed by atoms with van der Waals surface area (Å²) >= 11 is 1.55. The highest BCUT2D eigenvalue weighted by atomic mass is 35.5. The van der Waals surface area contributed by atoms with E-state index in [1.807, 2.05) is 19.9 Å². The molecule has 11 heteroatoms. The zero-order valence-corrected chi connectivity index (χ0v) is 20.2. The summed E-state index contributed by atoms with van der Waals surface area (Å²) in [7, 11) is 0. The van der Waals surface area contributed by atoms with Crippen molar-refractivity contribution in [1.29, 1.82) is 0 Å². The molecule has 0 radical (unpaired) electrons. The minimum absolute atomic E-state index is 0. The zero-order valence-electron chi connectivity index (χ0n) is 18.5. The number of hydrogen-bond acceptors (Lipinski definition) is 10. The molecule has 4 atom stereocenters. The first-order valence-corrected chi connectivity index (χ1v) is 11.8. The van der Waals surface area contributed by atoms with Gasteiger partial charge < -0.3 is 26.0 Å². The second kappa shape index (κ2) is 9.63. The highest BCUT2D eigenvalue weighted by Crippen LogP contribution is 2.38. The number of nitrogens with zero attached hydrogens (tertiary/aromatic N) is 4. The molecular formula is C22H29ClN6O3S. The molecule has 5 N–H and O–H groups in total. The molecule has 5 rings (SSSR count). The van der Waals surface area contributed by atoms with Crippen LogP contribution in [-0.4, -0.2) is 66.7 Å². The Labute approximate surface area is 202 Å². The number of rotatable bonds is 7. The molecule has 9 nitrogen and oxygen atoms in total. The number of hydrogen-bond donors (Lipinski definition) is 5. The van der Waals surface area contributed by atoms with E-state index < -0.39 is 18.2 Å². The number of nitrogens with one attached hydrogen (secondary N) is 2. The molecule has 0 bridgehead atoms. The van der Waals surface area contributed by atoms with E-state index in [1.165, 1.54) is 12.8 Å². The summed E-state index contributed by atoms with van der Waals surface area (Å²) in [5, 5.41) is 37.8. The molecule has 2 fully saturated rings. The van der Waals surface area contributed by atoms with E-state index in [4.69, 9.17) is 9.97 Å². The number of aromatic nitrogens is 4. The number of aliphatic hydroxyl groups excluding tert-OH is 3. The maximum absolute atomic E-state index is 10.5. The first kappa shape index (κ1) is 24.0. The smallest absolute Gasteiger partial charge is 0.224 e. The monoisotopic (exact) mass is 492 g/mol. The van der Waals surface area contributed by atoms with Crippen LogP contribution in [0.1, 0.15) is 30.7 Å². The molecule has 2 aliphatic carbocycles. The molecule has 178 valence electrons. The summed E-state index contributed by atoms with van der Waals surface area (Å²) in [6.45, 7) is 4.54. The number of pyridine rings is 1. The van der Waals surface area contributed by atoms with Crippen LogP contribution in [0, 0.1) is 25.7 Å². The van der Waals surface area contributed by atoms with Crippen LogP contribution in [0.5, 0.6) is 0 Å². The van der Waals surface area contributed by atoms with Gasteiger partial charge in [0.15, 0.2) is 0 Å². The third kappa shape index (κ3) is 4.90. The molecule has 2 saturated carbocycles. The fourth-order valence-electron chi connectivity index (χ4n) is 4.23. The van der Waals surface area contributed by atoms with Crippen LogP contribution in [0.3, 0.4) is 0 Å². The van der Waals surface area contributed by atoms with Gasteiger partial charge in [-0.2, -0.15) is 4.98 Å². The first-order chi connectivity index (χ1) is 15.4. The van der Waals surface area contributed by atoms with Gasteiger partial charge >= 0.3 is 0 Å². The Kier molecular flexibility index (Phi) is 7.01. The Morgan fingerprint density at radius 3 is 2.61 bits per heavy atom. The Bertz CT molecular complexity index is 1140. The van der Waals surface area contributed by atoms with Crippen molar-refractivity contribution < 1.29 is 15.3 Å². The van der Waals surface area contributed by atoms with E-state index in [0.29, 0.717) is 24.1 Å². The minimum Gasteiger partial charge on any atom is -0.396 e. The zero-order chi connectivity index (χ0) is 22.4. The van der Waals surface area contributed by atoms with E-state index in [2.05, 4.69) is 20.6 Å². The lowest BCUT2D eigenvalue weighted by Gasteiger charge is -2.21. The maximum atomic E-state index is 10.5. The predicted octanol–water partition coefficient (Wildman–Crippen LogP) is 2.52. The maximum Gasteiger partial charge on any atom is 0.224 e. The average molecular weight is 493 g/mol. The van der Waals surface area contributed by atoms with Gasteiger partial charge in [0.2, 0.25) is 5.95 Å². The van der Waals surface area contributed by atoms with Gasteiger partial charge in [0.05, 0.1) is 34.3 Å². The number of fused-ring (bicyclic) bond motifs is 1. The number of aliphatic hydroxyl groups is 3. The van der Waals surface area contributed by atoms with Gasteiger partial charge in [-0.05, 0) is 45.1 Å². The Balaban J connectivity index is 0.00000259. The number of halogens is 1. The summed E-state index contributed by atoms with van der Waals surface area (Å²) in [5.41, 5.74) is 3.29. The normalized spacial score (nSPS) is 24.6. The molecule has 0 spiro atoms. The van der Waals surface area contributed by atoms with Crippen molar-refractivity contribution in [3.63, 3.8) is 0 Å². The van der Waals surface area contributed by atoms with Crippen molar-refractivity contribution in [3.8, 4) is 10.6 Å². The lowest BCUT2D eigenvalue weighted by Crippen LogP contribution is -2.35. The van der Waals surface area contributed by atoms with Crippen molar-refractivity contribution in [2.45, 2.75) is 51.4 Å². The molecular weight excluding hydrogens is 464 g/mol. The highest BCUT2D eigenvalue weighted by molar-refractivity contribution is 7.21. The first-order valence-electron chi connectivity index (χ1n) is 11.0. The molecule has 0 unspecified atom stereocenters.